The van der Waals surface area contributed by atoms with E-state index in [1.54, 1.807) is 23.1 Å². The van der Waals surface area contributed by atoms with Crippen LogP contribution in [0.25, 0.3) is 0 Å². The number of thiazole rings is 1. The number of aromatic nitrogens is 1. The van der Waals surface area contributed by atoms with Gasteiger partial charge in [-0.3, -0.25) is 0 Å². The minimum Gasteiger partial charge on any atom is -0.465 e. The molecule has 0 amide bonds. The minimum absolute atomic E-state index is 0.566. The SMILES string of the molecule is CCc1ccc(CSc2nc(Cl)cs2)o1. The molecule has 0 aromatic carbocycles. The Labute approximate surface area is 102 Å². The number of thioether (sulfide) groups is 1. The Morgan fingerprint density at radius 2 is 2.27 bits per heavy atom. The van der Waals surface area contributed by atoms with Crippen LogP contribution < -0.4 is 0 Å². The van der Waals surface area contributed by atoms with Crippen LogP contribution in [-0.2, 0) is 12.2 Å². The lowest BCUT2D eigenvalue weighted by Crippen LogP contribution is -1.75. The van der Waals surface area contributed by atoms with Gasteiger partial charge in [0.25, 0.3) is 0 Å². The topological polar surface area (TPSA) is 26.0 Å². The highest BCUT2D eigenvalue weighted by Gasteiger charge is 2.04. The molecule has 2 heterocycles. The summed E-state index contributed by atoms with van der Waals surface area (Å²) in [4.78, 5) is 4.16. The predicted octanol–water partition coefficient (Wildman–Crippen LogP) is 4.24. The lowest BCUT2D eigenvalue weighted by atomic mass is 10.4. The highest BCUT2D eigenvalue weighted by molar-refractivity contribution is 8.00. The van der Waals surface area contributed by atoms with E-state index in [4.69, 9.17) is 16.0 Å². The quantitative estimate of drug-likeness (QED) is 0.768. The Morgan fingerprint density at radius 3 is 2.87 bits per heavy atom. The minimum atomic E-state index is 0.566. The Hall–Kier alpha value is -0.450. The fourth-order valence-corrected chi connectivity index (χ4v) is 3.03. The summed E-state index contributed by atoms with van der Waals surface area (Å²) < 4.78 is 6.57. The highest BCUT2D eigenvalue weighted by atomic mass is 35.5. The molecule has 0 radical (unpaired) electrons. The van der Waals surface area contributed by atoms with Crippen molar-refractivity contribution in [2.45, 2.75) is 23.4 Å². The smallest absolute Gasteiger partial charge is 0.152 e. The van der Waals surface area contributed by atoms with Crippen LogP contribution in [0.5, 0.6) is 0 Å². The van der Waals surface area contributed by atoms with Gasteiger partial charge < -0.3 is 4.42 Å². The zero-order valence-corrected chi connectivity index (χ0v) is 10.6. The molecule has 0 aliphatic carbocycles. The van der Waals surface area contributed by atoms with Gasteiger partial charge in [-0.25, -0.2) is 4.98 Å². The molecule has 2 rings (SSSR count). The fourth-order valence-electron chi connectivity index (χ4n) is 1.13. The number of furan rings is 1. The van der Waals surface area contributed by atoms with Gasteiger partial charge >= 0.3 is 0 Å². The van der Waals surface area contributed by atoms with Gasteiger partial charge in [0, 0.05) is 11.8 Å². The van der Waals surface area contributed by atoms with Crippen LogP contribution in [-0.4, -0.2) is 4.98 Å². The van der Waals surface area contributed by atoms with Crippen LogP contribution in [0.15, 0.2) is 26.3 Å². The van der Waals surface area contributed by atoms with Gasteiger partial charge in [0.05, 0.1) is 5.75 Å². The largest absolute Gasteiger partial charge is 0.465 e. The average Bonchev–Trinajstić information content (AvgIpc) is 2.83. The summed E-state index contributed by atoms with van der Waals surface area (Å²) >= 11 is 8.94. The van der Waals surface area contributed by atoms with E-state index in [1.165, 1.54) is 0 Å². The van der Waals surface area contributed by atoms with E-state index >= 15 is 0 Å². The first-order chi connectivity index (χ1) is 7.28. The number of halogens is 1. The molecule has 2 aromatic rings. The Balaban J connectivity index is 1.93. The molecule has 5 heteroatoms. The van der Waals surface area contributed by atoms with E-state index in [9.17, 15) is 0 Å². The lowest BCUT2D eigenvalue weighted by molar-refractivity contribution is 0.485. The molecule has 0 N–H and O–H groups in total. The van der Waals surface area contributed by atoms with E-state index < -0.39 is 0 Å². The molecule has 2 aromatic heterocycles. The molecule has 0 saturated heterocycles. The monoisotopic (exact) mass is 259 g/mol. The Kier molecular flexibility index (Phi) is 3.72. The van der Waals surface area contributed by atoms with Gasteiger partial charge in [-0.1, -0.05) is 30.3 Å². The van der Waals surface area contributed by atoms with Crippen molar-refractivity contribution in [1.29, 1.82) is 0 Å². The molecule has 0 unspecified atom stereocenters. The van der Waals surface area contributed by atoms with E-state index in [2.05, 4.69) is 11.9 Å². The number of hydrogen-bond donors (Lipinski definition) is 0. The summed E-state index contributed by atoms with van der Waals surface area (Å²) in [7, 11) is 0. The number of aryl methyl sites for hydroxylation is 1. The first kappa shape index (κ1) is 11.0. The summed E-state index contributed by atoms with van der Waals surface area (Å²) in [5.41, 5.74) is 0. The average molecular weight is 260 g/mol. The normalized spacial score (nSPS) is 10.8. The second-order valence-electron chi connectivity index (χ2n) is 2.95. The molecular formula is C10H10ClNOS2. The summed E-state index contributed by atoms with van der Waals surface area (Å²) in [6.45, 7) is 2.08. The fraction of sp³-hybridized carbons (Fsp3) is 0.300. The van der Waals surface area contributed by atoms with Gasteiger partial charge in [0.1, 0.15) is 16.7 Å². The number of rotatable bonds is 4. The zero-order chi connectivity index (χ0) is 10.7. The van der Waals surface area contributed by atoms with Crippen LogP contribution >= 0.6 is 34.7 Å². The molecule has 0 fully saturated rings. The molecule has 0 aliphatic rings. The Bertz CT molecular complexity index is 438. The maximum Gasteiger partial charge on any atom is 0.152 e. The first-order valence-corrected chi connectivity index (χ1v) is 6.83. The zero-order valence-electron chi connectivity index (χ0n) is 8.20. The molecule has 80 valence electrons. The third kappa shape index (κ3) is 3.00. The van der Waals surface area contributed by atoms with Gasteiger partial charge in [-0.2, -0.15) is 0 Å². The van der Waals surface area contributed by atoms with Gasteiger partial charge in [-0.05, 0) is 12.1 Å². The van der Waals surface area contributed by atoms with Gasteiger partial charge in [0.2, 0.25) is 0 Å². The van der Waals surface area contributed by atoms with Gasteiger partial charge in [0.15, 0.2) is 4.34 Å². The van der Waals surface area contributed by atoms with Crippen molar-refractivity contribution in [2.75, 3.05) is 0 Å². The van der Waals surface area contributed by atoms with Crippen LogP contribution in [0.3, 0.4) is 0 Å². The standard InChI is InChI=1S/C10H10ClNOS2/c1-2-7-3-4-8(13-7)5-14-10-12-9(11)6-15-10/h3-4,6H,2,5H2,1H3. The molecular weight excluding hydrogens is 250 g/mol. The maximum atomic E-state index is 5.73. The van der Waals surface area contributed by atoms with Crippen molar-refractivity contribution < 1.29 is 4.42 Å². The van der Waals surface area contributed by atoms with Crippen molar-refractivity contribution in [2.24, 2.45) is 0 Å². The third-order valence-corrected chi connectivity index (χ3v) is 4.23. The van der Waals surface area contributed by atoms with Crippen molar-refractivity contribution >= 4 is 34.7 Å². The van der Waals surface area contributed by atoms with E-state index in [1.807, 2.05) is 17.5 Å². The molecule has 0 atom stereocenters. The molecule has 2 nitrogen and oxygen atoms in total. The van der Waals surface area contributed by atoms with Crippen molar-refractivity contribution in [3.05, 3.63) is 34.2 Å². The Morgan fingerprint density at radius 1 is 1.47 bits per heavy atom. The summed E-state index contributed by atoms with van der Waals surface area (Å²) in [6, 6.07) is 4.03. The third-order valence-electron chi connectivity index (χ3n) is 1.86. The van der Waals surface area contributed by atoms with Crippen LogP contribution in [0.4, 0.5) is 0 Å². The second kappa shape index (κ2) is 5.05. The predicted molar refractivity (Wildman–Crippen MR) is 64.8 cm³/mol. The number of nitrogens with zero attached hydrogens (tertiary/aromatic N) is 1. The van der Waals surface area contributed by atoms with E-state index in [-0.39, 0.29) is 0 Å². The molecule has 0 spiro atoms. The molecule has 15 heavy (non-hydrogen) atoms. The number of hydrogen-bond acceptors (Lipinski definition) is 4. The highest BCUT2D eigenvalue weighted by Crippen LogP contribution is 2.28. The lowest BCUT2D eigenvalue weighted by Gasteiger charge is -1.93. The molecule has 0 saturated carbocycles. The summed E-state index contributed by atoms with van der Waals surface area (Å²) in [5.74, 6) is 2.83. The maximum absolute atomic E-state index is 5.73. The van der Waals surface area contributed by atoms with Crippen LogP contribution in [0.1, 0.15) is 18.4 Å². The second-order valence-corrected chi connectivity index (χ2v) is 5.41. The van der Waals surface area contributed by atoms with Crippen LogP contribution in [0, 0.1) is 0 Å². The first-order valence-electron chi connectivity index (χ1n) is 4.59. The summed E-state index contributed by atoms with van der Waals surface area (Å²) in [5, 5.41) is 2.40. The van der Waals surface area contributed by atoms with E-state index in [0.29, 0.717) is 5.15 Å². The molecule has 0 bridgehead atoms. The van der Waals surface area contributed by atoms with Crippen molar-refractivity contribution in [1.82, 2.24) is 4.98 Å². The summed E-state index contributed by atoms with van der Waals surface area (Å²) in [6.07, 6.45) is 0.938. The van der Waals surface area contributed by atoms with Crippen LogP contribution in [0.2, 0.25) is 5.15 Å². The van der Waals surface area contributed by atoms with Crippen molar-refractivity contribution in [3.8, 4) is 0 Å². The van der Waals surface area contributed by atoms with Crippen molar-refractivity contribution in [3.63, 3.8) is 0 Å². The van der Waals surface area contributed by atoms with Gasteiger partial charge in [-0.15, -0.1) is 11.3 Å². The molecule has 0 aliphatic heterocycles. The van der Waals surface area contributed by atoms with E-state index in [0.717, 1.165) is 28.0 Å².